The molecule has 0 aromatic heterocycles. The lowest BCUT2D eigenvalue weighted by molar-refractivity contribution is -0.323. The Morgan fingerprint density at radius 3 is 2.11 bits per heavy atom. The van der Waals surface area contributed by atoms with Gasteiger partial charge in [-0.05, 0) is 67.5 Å². The number of methoxy groups -OCH3 is 1. The van der Waals surface area contributed by atoms with Crippen LogP contribution in [0, 0.1) is 23.7 Å². The van der Waals surface area contributed by atoms with E-state index in [4.69, 9.17) is 33.2 Å². The third-order valence-electron chi connectivity index (χ3n) is 11.4. The minimum absolute atomic E-state index is 0.0774. The van der Waals surface area contributed by atoms with Gasteiger partial charge in [0.1, 0.15) is 12.2 Å². The predicted octanol–water partition coefficient (Wildman–Crippen LogP) is 2.27. The Morgan fingerprint density at radius 1 is 0.870 bits per heavy atom. The molecule has 270 valence electrons. The van der Waals surface area contributed by atoms with E-state index in [0.717, 1.165) is 0 Å². The maximum Gasteiger partial charge on any atom is 0.185 e. The van der Waals surface area contributed by atoms with Crippen LogP contribution in [0.15, 0.2) is 0 Å². The molecule has 4 rings (SSSR count). The van der Waals surface area contributed by atoms with Crippen molar-refractivity contribution < 1.29 is 53.6 Å². The van der Waals surface area contributed by atoms with E-state index in [1.165, 1.54) is 0 Å². The summed E-state index contributed by atoms with van der Waals surface area (Å²) in [6.07, 6.45) is -7.17. The van der Waals surface area contributed by atoms with Crippen LogP contribution in [0.1, 0.15) is 81.6 Å². The molecule has 6 unspecified atom stereocenters. The molecule has 0 saturated carbocycles. The lowest BCUT2D eigenvalue weighted by Crippen LogP contribution is -2.60. The molecule has 0 spiro atoms. The number of likely N-dealkylation sites (N-methyl/N-ethyl adjacent to an activating group) is 1. The van der Waals surface area contributed by atoms with Gasteiger partial charge < -0.3 is 58.5 Å². The van der Waals surface area contributed by atoms with E-state index in [2.05, 4.69) is 6.92 Å². The Kier molecular flexibility index (Phi) is 12.3. The van der Waals surface area contributed by atoms with Gasteiger partial charge in [-0.2, -0.15) is 0 Å². The largest absolute Gasteiger partial charge is 0.391 e. The molecule has 2 bridgehead atoms. The minimum atomic E-state index is -1.30. The van der Waals surface area contributed by atoms with Crippen molar-refractivity contribution >= 4 is 0 Å². The number of aliphatic hydroxyl groups excluding tert-OH is 4. The van der Waals surface area contributed by atoms with Crippen LogP contribution in [0.3, 0.4) is 0 Å². The lowest BCUT2D eigenvalue weighted by Gasteiger charge is -2.49. The third-order valence-corrected chi connectivity index (χ3v) is 11.4. The molecule has 4 aliphatic heterocycles. The summed E-state index contributed by atoms with van der Waals surface area (Å²) in [5, 5.41) is 44.8. The van der Waals surface area contributed by atoms with Crippen molar-refractivity contribution in [3.05, 3.63) is 0 Å². The summed E-state index contributed by atoms with van der Waals surface area (Å²) in [7, 11) is 5.44. The van der Waals surface area contributed by atoms with Gasteiger partial charge in [-0.3, -0.25) is 0 Å². The molecule has 0 radical (unpaired) electrons. The van der Waals surface area contributed by atoms with Crippen molar-refractivity contribution in [3.63, 3.8) is 0 Å². The average molecular weight is 662 g/mol. The summed E-state index contributed by atoms with van der Waals surface area (Å²) in [5.41, 5.74) is -1.76. The normalized spacial score (nSPS) is 53.2. The Morgan fingerprint density at radius 2 is 1.52 bits per heavy atom. The van der Waals surface area contributed by atoms with Crippen LogP contribution in [0.4, 0.5) is 0 Å². The highest BCUT2D eigenvalue weighted by atomic mass is 16.7. The molecule has 12 heteroatoms. The fourth-order valence-corrected chi connectivity index (χ4v) is 8.64. The summed E-state index contributed by atoms with van der Waals surface area (Å²) < 4.78 is 45.0. The second-order valence-corrected chi connectivity index (χ2v) is 15.6. The van der Waals surface area contributed by atoms with E-state index in [0.29, 0.717) is 12.8 Å². The second-order valence-electron chi connectivity index (χ2n) is 15.6. The summed E-state index contributed by atoms with van der Waals surface area (Å²) in [4.78, 5) is 2.00. The molecule has 4 fully saturated rings. The number of hydrogen-bond acceptors (Lipinski definition) is 12. The minimum Gasteiger partial charge on any atom is -0.391 e. The van der Waals surface area contributed by atoms with Gasteiger partial charge in [0.05, 0.1) is 53.9 Å². The SMILES string of the molecule is COC1(C)C[C@H](O[C@@H]2[C@@H](C)[C@@H](O)O[C@@H]([C@H](C)O)[C@@H](C)C3O[C@@](C)(C[C@@H]3C)[C@H](O[C@@H]3OC(C)CC(N(C)C)C3O)[C@H]2C)OC(C)[C@@H]1O. The fourth-order valence-electron chi connectivity index (χ4n) is 8.64. The molecule has 12 nitrogen and oxygen atoms in total. The van der Waals surface area contributed by atoms with Crippen molar-refractivity contribution in [1.29, 1.82) is 0 Å². The van der Waals surface area contributed by atoms with Crippen LogP contribution in [-0.2, 0) is 33.2 Å². The van der Waals surface area contributed by atoms with Gasteiger partial charge in [0.2, 0.25) is 0 Å². The summed E-state index contributed by atoms with van der Waals surface area (Å²) in [5.74, 6) is -1.23. The quantitative estimate of drug-likeness (QED) is 0.317. The van der Waals surface area contributed by atoms with Gasteiger partial charge in [0.25, 0.3) is 0 Å². The van der Waals surface area contributed by atoms with Gasteiger partial charge in [0, 0.05) is 37.3 Å². The highest BCUT2D eigenvalue weighted by molar-refractivity contribution is 5.03. The number of fused-ring (bicyclic) bond motifs is 2. The molecule has 4 N–H and O–H groups in total. The van der Waals surface area contributed by atoms with Crippen LogP contribution in [0.25, 0.3) is 0 Å². The fraction of sp³-hybridized carbons (Fsp3) is 1.00. The Balaban J connectivity index is 1.77. The van der Waals surface area contributed by atoms with E-state index < -0.39 is 84.6 Å². The molecule has 0 aromatic rings. The molecule has 4 aliphatic rings. The van der Waals surface area contributed by atoms with Crippen molar-refractivity contribution in [2.75, 3.05) is 21.2 Å². The smallest absolute Gasteiger partial charge is 0.185 e. The Labute approximate surface area is 275 Å². The first-order valence-electron chi connectivity index (χ1n) is 17.2. The molecule has 0 aromatic carbocycles. The van der Waals surface area contributed by atoms with Gasteiger partial charge in [0.15, 0.2) is 18.9 Å². The van der Waals surface area contributed by atoms with Crippen LogP contribution >= 0.6 is 0 Å². The van der Waals surface area contributed by atoms with Gasteiger partial charge >= 0.3 is 0 Å². The first-order valence-corrected chi connectivity index (χ1v) is 17.2. The summed E-state index contributed by atoms with van der Waals surface area (Å²) in [6, 6.07) is -0.168. The first kappa shape index (κ1) is 38.3. The Bertz CT molecular complexity index is 989. The highest BCUT2D eigenvalue weighted by Crippen LogP contribution is 2.48. The molecule has 46 heavy (non-hydrogen) atoms. The van der Waals surface area contributed by atoms with Crippen molar-refractivity contribution in [2.45, 2.75) is 173 Å². The predicted molar refractivity (Wildman–Crippen MR) is 170 cm³/mol. The Hall–Kier alpha value is -0.480. The van der Waals surface area contributed by atoms with Crippen molar-refractivity contribution in [2.24, 2.45) is 23.7 Å². The number of aliphatic hydroxyl groups is 4. The third kappa shape index (κ3) is 7.63. The maximum atomic E-state index is 11.6. The number of rotatable bonds is 7. The maximum absolute atomic E-state index is 11.6. The molecule has 0 amide bonds. The average Bonchev–Trinajstić information content (AvgIpc) is 3.29. The van der Waals surface area contributed by atoms with E-state index in [1.807, 2.05) is 60.5 Å². The van der Waals surface area contributed by atoms with Crippen LogP contribution in [-0.4, -0.2) is 138 Å². The van der Waals surface area contributed by atoms with Crippen molar-refractivity contribution in [1.82, 2.24) is 4.90 Å². The van der Waals surface area contributed by atoms with Gasteiger partial charge in [-0.1, -0.05) is 27.7 Å². The molecule has 4 heterocycles. The molecule has 0 aliphatic carbocycles. The van der Waals surface area contributed by atoms with Crippen LogP contribution < -0.4 is 0 Å². The van der Waals surface area contributed by atoms with E-state index in [9.17, 15) is 20.4 Å². The molecule has 4 saturated heterocycles. The number of hydrogen-bond donors (Lipinski definition) is 4. The van der Waals surface area contributed by atoms with Gasteiger partial charge in [-0.15, -0.1) is 0 Å². The topological polar surface area (TPSA) is 149 Å². The van der Waals surface area contributed by atoms with Crippen LogP contribution in [0.2, 0.25) is 0 Å². The number of ether oxygens (including phenoxy) is 7. The zero-order chi connectivity index (χ0) is 34.5. The standard InChI is InChI=1S/C34H63NO11/c1-16-14-34(9)30(45-32-25(37)23(35(10)11)13-17(2)41-32)19(4)27(43-24-15-33(8,40-12)29(38)22(7)42-24)20(5)31(39)44-28(21(6)36)18(3)26(16)46-34/h16-32,36-39H,13-15H2,1-12H3/t16-,17?,18-,19-,20+,21-,22?,23?,24-,25?,26?,27-,28+,29-,30+,31-,32-,33?,34-/m0/s1. The van der Waals surface area contributed by atoms with Gasteiger partial charge in [-0.25, -0.2) is 0 Å². The monoisotopic (exact) mass is 661 g/mol. The first-order chi connectivity index (χ1) is 21.3. The van der Waals surface area contributed by atoms with E-state index in [-0.39, 0.29) is 36.5 Å². The van der Waals surface area contributed by atoms with Crippen molar-refractivity contribution in [3.8, 4) is 0 Å². The van der Waals surface area contributed by atoms with E-state index >= 15 is 0 Å². The zero-order valence-corrected chi connectivity index (χ0v) is 30.0. The highest BCUT2D eigenvalue weighted by Gasteiger charge is 2.57. The molecule has 19 atom stereocenters. The zero-order valence-electron chi connectivity index (χ0n) is 30.0. The lowest BCUT2D eigenvalue weighted by atomic mass is 9.77. The number of nitrogens with zero attached hydrogens (tertiary/aromatic N) is 1. The summed E-state index contributed by atoms with van der Waals surface area (Å²) >= 11 is 0. The molecular formula is C34H63NO11. The van der Waals surface area contributed by atoms with E-state index in [1.54, 1.807) is 21.0 Å². The molecular weight excluding hydrogens is 598 g/mol. The van der Waals surface area contributed by atoms with Crippen LogP contribution in [0.5, 0.6) is 0 Å². The summed E-state index contributed by atoms with van der Waals surface area (Å²) in [6.45, 7) is 17.2. The second kappa shape index (κ2) is 14.8.